The minimum atomic E-state index is -0.211. The number of para-hydroxylation sites is 2. The molecule has 0 atom stereocenters. The van der Waals surface area contributed by atoms with Crippen molar-refractivity contribution >= 4 is 93.1 Å². The Morgan fingerprint density at radius 1 is 0.571 bits per heavy atom. The third-order valence-electron chi connectivity index (χ3n) is 12.5. The fourth-order valence-electron chi connectivity index (χ4n) is 8.28. The SMILES string of the molecule is CC1(C)CNC(=O)Cc2ccc(Nc3ncc(Cl)c(Nc4ccccc4C(=O)NC4CC4)n3)cc21.CC1(C)CNC(=O)Cc2ccc(Nc3ncc(Cl)c(Nc4ccccc4C(=O)NC4CC4)n3)cc21. The van der Waals surface area contributed by atoms with Crippen molar-refractivity contribution < 1.29 is 19.2 Å². The van der Waals surface area contributed by atoms with Crippen LogP contribution in [0.4, 0.5) is 46.3 Å². The van der Waals surface area contributed by atoms with Gasteiger partial charge in [-0.15, -0.1) is 0 Å². The summed E-state index contributed by atoms with van der Waals surface area (Å²) >= 11 is 12.8. The van der Waals surface area contributed by atoms with Crippen LogP contribution in [0.25, 0.3) is 0 Å². The summed E-state index contributed by atoms with van der Waals surface area (Å²) in [6.45, 7) is 9.58. The van der Waals surface area contributed by atoms with E-state index in [1.807, 2.05) is 72.8 Å². The van der Waals surface area contributed by atoms with Gasteiger partial charge in [0.1, 0.15) is 10.0 Å². The van der Waals surface area contributed by atoms with Crippen molar-refractivity contribution in [2.24, 2.45) is 0 Å². The Bertz CT molecular complexity index is 2810. The van der Waals surface area contributed by atoms with Crippen LogP contribution < -0.4 is 42.5 Å². The molecular weight excluding hydrogens is 928 g/mol. The van der Waals surface area contributed by atoms with E-state index < -0.39 is 0 Å². The van der Waals surface area contributed by atoms with Gasteiger partial charge in [0.2, 0.25) is 23.7 Å². The molecule has 2 fully saturated rings. The highest BCUT2D eigenvalue weighted by Gasteiger charge is 2.31. The van der Waals surface area contributed by atoms with Crippen molar-refractivity contribution in [2.45, 2.75) is 89.1 Å². The van der Waals surface area contributed by atoms with Crippen LogP contribution in [0.15, 0.2) is 97.3 Å². The number of nitrogens with one attached hydrogen (secondary N) is 8. The maximum absolute atomic E-state index is 12.7. The van der Waals surface area contributed by atoms with E-state index in [9.17, 15) is 19.2 Å². The van der Waals surface area contributed by atoms with Crippen molar-refractivity contribution in [3.63, 3.8) is 0 Å². The monoisotopic (exact) mass is 980 g/mol. The van der Waals surface area contributed by atoms with Crippen molar-refractivity contribution in [3.05, 3.63) is 141 Å². The van der Waals surface area contributed by atoms with Gasteiger partial charge in [0.15, 0.2) is 11.6 Å². The quantitative estimate of drug-likeness (QED) is 0.0577. The first kappa shape index (κ1) is 47.8. The summed E-state index contributed by atoms with van der Waals surface area (Å²) in [6.07, 6.45) is 7.81. The molecule has 0 bridgehead atoms. The maximum Gasteiger partial charge on any atom is 0.253 e. The van der Waals surface area contributed by atoms with Crippen LogP contribution in [0, 0.1) is 0 Å². The summed E-state index contributed by atoms with van der Waals surface area (Å²) in [5.74, 6) is 1.30. The summed E-state index contributed by atoms with van der Waals surface area (Å²) in [5.41, 5.74) is 7.70. The number of anilines is 8. The Labute approximate surface area is 416 Å². The van der Waals surface area contributed by atoms with Crippen molar-refractivity contribution in [1.29, 1.82) is 0 Å². The summed E-state index contributed by atoms with van der Waals surface area (Å²) in [4.78, 5) is 67.2. The highest BCUT2D eigenvalue weighted by molar-refractivity contribution is 6.33. The molecule has 4 aromatic carbocycles. The van der Waals surface area contributed by atoms with Crippen LogP contribution in [-0.4, -0.2) is 68.7 Å². The normalized spacial score (nSPS) is 16.5. The van der Waals surface area contributed by atoms with Gasteiger partial charge in [-0.3, -0.25) is 19.2 Å². The number of rotatable bonds is 12. The predicted molar refractivity (Wildman–Crippen MR) is 273 cm³/mol. The molecule has 4 aliphatic rings. The lowest BCUT2D eigenvalue weighted by Gasteiger charge is -2.25. The number of amides is 4. The maximum atomic E-state index is 12.7. The largest absolute Gasteiger partial charge is 0.355 e. The minimum absolute atomic E-state index is 0.0281. The molecule has 70 heavy (non-hydrogen) atoms. The van der Waals surface area contributed by atoms with Gasteiger partial charge in [0.05, 0.1) is 47.7 Å². The van der Waals surface area contributed by atoms with Gasteiger partial charge < -0.3 is 42.5 Å². The number of aromatic nitrogens is 4. The highest BCUT2D eigenvalue weighted by Crippen LogP contribution is 2.35. The zero-order valence-electron chi connectivity index (χ0n) is 39.2. The predicted octanol–water partition coefficient (Wildman–Crippen LogP) is 8.92. The van der Waals surface area contributed by atoms with E-state index in [-0.39, 0.29) is 46.5 Å². The van der Waals surface area contributed by atoms with Crippen LogP contribution in [0.2, 0.25) is 10.0 Å². The van der Waals surface area contributed by atoms with Crippen LogP contribution in [0.3, 0.4) is 0 Å². The number of carbonyl (C=O) groups is 4. The van der Waals surface area contributed by atoms with Crippen LogP contribution in [-0.2, 0) is 33.3 Å². The van der Waals surface area contributed by atoms with E-state index in [1.54, 1.807) is 12.1 Å². The number of hydrogen-bond donors (Lipinski definition) is 8. The van der Waals surface area contributed by atoms with E-state index in [0.717, 1.165) is 59.3 Å². The minimum Gasteiger partial charge on any atom is -0.355 e. The van der Waals surface area contributed by atoms with Crippen molar-refractivity contribution in [2.75, 3.05) is 34.4 Å². The van der Waals surface area contributed by atoms with Gasteiger partial charge in [-0.1, -0.05) is 87.3 Å². The first-order valence-corrected chi connectivity index (χ1v) is 24.1. The lowest BCUT2D eigenvalue weighted by atomic mass is 9.81. The number of hydrogen-bond acceptors (Lipinski definition) is 12. The number of nitrogens with zero attached hydrogens (tertiary/aromatic N) is 4. The van der Waals surface area contributed by atoms with E-state index in [4.69, 9.17) is 23.2 Å². The van der Waals surface area contributed by atoms with Crippen LogP contribution in [0.5, 0.6) is 0 Å². The topological polar surface area (TPSA) is 216 Å². The fraction of sp³-hybridized carbons (Fsp3) is 0.308. The van der Waals surface area contributed by atoms with Gasteiger partial charge in [0, 0.05) is 47.4 Å². The Hall–Kier alpha value is -7.30. The third-order valence-corrected chi connectivity index (χ3v) is 13.1. The second kappa shape index (κ2) is 20.0. The molecule has 2 aliphatic heterocycles. The molecule has 2 saturated carbocycles. The molecule has 10 rings (SSSR count). The molecule has 2 aliphatic carbocycles. The summed E-state index contributed by atoms with van der Waals surface area (Å²) < 4.78 is 0. The second-order valence-electron chi connectivity index (χ2n) is 19.3. The van der Waals surface area contributed by atoms with Gasteiger partial charge in [-0.2, -0.15) is 9.97 Å². The molecule has 4 heterocycles. The summed E-state index contributed by atoms with van der Waals surface area (Å²) in [7, 11) is 0. The summed E-state index contributed by atoms with van der Waals surface area (Å²) in [6, 6.07) is 26.9. The molecule has 360 valence electrons. The molecular formula is C52H54Cl2N12O4. The lowest BCUT2D eigenvalue weighted by molar-refractivity contribution is -0.121. The molecule has 8 N–H and O–H groups in total. The lowest BCUT2D eigenvalue weighted by Crippen LogP contribution is -2.34. The first-order chi connectivity index (χ1) is 33.6. The second-order valence-corrected chi connectivity index (χ2v) is 20.1. The average molecular weight is 982 g/mol. The molecule has 0 spiro atoms. The van der Waals surface area contributed by atoms with E-state index in [1.165, 1.54) is 12.4 Å². The molecule has 0 unspecified atom stereocenters. The zero-order chi connectivity index (χ0) is 49.2. The van der Waals surface area contributed by atoms with E-state index >= 15 is 0 Å². The molecule has 0 saturated heterocycles. The smallest absolute Gasteiger partial charge is 0.253 e. The molecule has 0 radical (unpaired) electrons. The van der Waals surface area contributed by atoms with E-state index in [0.29, 0.717) is 82.0 Å². The molecule has 16 nitrogen and oxygen atoms in total. The van der Waals surface area contributed by atoms with Gasteiger partial charge in [0.25, 0.3) is 11.8 Å². The third kappa shape index (κ3) is 11.6. The molecule has 2 aromatic heterocycles. The van der Waals surface area contributed by atoms with Crippen LogP contribution in [0.1, 0.15) is 96.3 Å². The first-order valence-electron chi connectivity index (χ1n) is 23.3. The highest BCUT2D eigenvalue weighted by atomic mass is 35.5. The van der Waals surface area contributed by atoms with Gasteiger partial charge >= 0.3 is 0 Å². The number of carbonyl (C=O) groups excluding carboxylic acids is 4. The number of benzene rings is 4. The van der Waals surface area contributed by atoms with Crippen molar-refractivity contribution in [1.82, 2.24) is 41.2 Å². The Morgan fingerprint density at radius 3 is 1.37 bits per heavy atom. The van der Waals surface area contributed by atoms with Gasteiger partial charge in [-0.25, -0.2) is 9.97 Å². The number of halogens is 2. The Kier molecular flexibility index (Phi) is 13.6. The summed E-state index contributed by atoms with van der Waals surface area (Å²) in [5, 5.41) is 25.5. The Balaban J connectivity index is 0.000000174. The van der Waals surface area contributed by atoms with Gasteiger partial charge in [-0.05, 0) is 96.5 Å². The molecule has 6 aromatic rings. The fourth-order valence-corrected chi connectivity index (χ4v) is 8.56. The number of fused-ring (bicyclic) bond motifs is 2. The molecule has 4 amide bonds. The average Bonchev–Trinajstić information content (AvgIpc) is 4.29. The van der Waals surface area contributed by atoms with Crippen LogP contribution >= 0.6 is 23.2 Å². The zero-order valence-corrected chi connectivity index (χ0v) is 40.7. The Morgan fingerprint density at radius 2 is 0.971 bits per heavy atom. The molecule has 18 heteroatoms. The standard InChI is InChI=1S/2C26H27ClN6O2/c2*1-26(2)14-29-22(34)11-15-7-8-17(12-19(15)26)31-25-28-13-20(27)23(33-25)32-21-6-4-3-5-18(21)24(35)30-16-9-10-16/h2*3-8,12-13,16H,9-11,14H2,1-2H3,(H,29,34)(H,30,35)(H2,28,31,32,33). The van der Waals surface area contributed by atoms with E-state index in [2.05, 4.69) is 90.2 Å². The van der Waals surface area contributed by atoms with Crippen molar-refractivity contribution in [3.8, 4) is 0 Å².